The van der Waals surface area contributed by atoms with Gasteiger partial charge in [-0.2, -0.15) is 9.50 Å². The molecule has 0 atom stereocenters. The third-order valence-corrected chi connectivity index (χ3v) is 7.02. The van der Waals surface area contributed by atoms with Gasteiger partial charge in [0.2, 0.25) is 15.0 Å². The predicted octanol–water partition coefficient (Wildman–Crippen LogP) is 3.06. The number of benzene rings is 2. The molecular weight excluding hydrogens is 488 g/mol. The van der Waals surface area contributed by atoms with Crippen LogP contribution in [0.1, 0.15) is 19.1 Å². The molecule has 0 aliphatic carbocycles. The summed E-state index contributed by atoms with van der Waals surface area (Å²) < 4.78 is 36.0. The van der Waals surface area contributed by atoms with Crippen LogP contribution in [0.2, 0.25) is 0 Å². The van der Waals surface area contributed by atoms with E-state index in [1.54, 1.807) is 30.3 Å². The molecule has 2 aromatic carbocycles. The van der Waals surface area contributed by atoms with E-state index >= 15 is 0 Å². The molecule has 0 aliphatic heterocycles. The van der Waals surface area contributed by atoms with Gasteiger partial charge in [0.05, 0.1) is 11.5 Å². The zero-order valence-electron chi connectivity index (χ0n) is 18.5. The van der Waals surface area contributed by atoms with Crippen molar-refractivity contribution in [1.29, 1.82) is 0 Å². The number of furan rings is 1. The van der Waals surface area contributed by atoms with E-state index in [2.05, 4.69) is 10.1 Å². The molecule has 5 rings (SSSR count). The van der Waals surface area contributed by atoms with Gasteiger partial charge in [-0.25, -0.2) is 13.6 Å². The van der Waals surface area contributed by atoms with E-state index in [1.165, 1.54) is 28.0 Å². The Morgan fingerprint density at radius 1 is 1.06 bits per heavy atom. The van der Waals surface area contributed by atoms with Crippen LogP contribution in [0.5, 0.6) is 5.75 Å². The highest BCUT2D eigenvalue weighted by Gasteiger charge is 2.13. The van der Waals surface area contributed by atoms with Crippen molar-refractivity contribution in [2.45, 2.75) is 18.2 Å². The van der Waals surface area contributed by atoms with Gasteiger partial charge in [0.1, 0.15) is 21.8 Å². The molecule has 0 bridgehead atoms. The maximum absolute atomic E-state index is 12.9. The molecule has 0 aliphatic rings. The lowest BCUT2D eigenvalue weighted by molar-refractivity contribution is 0.317. The van der Waals surface area contributed by atoms with Crippen LogP contribution in [-0.2, 0) is 10.0 Å². The van der Waals surface area contributed by atoms with Crippen molar-refractivity contribution in [3.8, 4) is 28.5 Å². The SMILES string of the molecule is CCCOc1ccc(-c2nc3sc(=Cc4ccc(-c5ccc(S(N)(=O)=O)cc5)o4)c(=O)n3n2)cc1. The average Bonchev–Trinajstić information content (AvgIpc) is 3.55. The smallest absolute Gasteiger partial charge is 0.291 e. The van der Waals surface area contributed by atoms with E-state index in [4.69, 9.17) is 14.3 Å². The van der Waals surface area contributed by atoms with Gasteiger partial charge in [-0.05, 0) is 67.1 Å². The van der Waals surface area contributed by atoms with Crippen LogP contribution in [0.4, 0.5) is 0 Å². The van der Waals surface area contributed by atoms with Crippen LogP contribution in [0.25, 0.3) is 33.7 Å². The Hall–Kier alpha value is -3.80. The van der Waals surface area contributed by atoms with Gasteiger partial charge in [-0.3, -0.25) is 4.79 Å². The number of ether oxygens (including phenoxy) is 1. The second kappa shape index (κ2) is 9.10. The first-order chi connectivity index (χ1) is 16.8. The van der Waals surface area contributed by atoms with Crippen LogP contribution < -0.4 is 20.0 Å². The fraction of sp³-hybridized carbons (Fsp3) is 0.125. The molecule has 3 heterocycles. The molecule has 3 aromatic heterocycles. The fourth-order valence-electron chi connectivity index (χ4n) is 3.40. The first kappa shape index (κ1) is 23.0. The van der Waals surface area contributed by atoms with Crippen LogP contribution in [0, 0.1) is 0 Å². The molecule has 0 spiro atoms. The summed E-state index contributed by atoms with van der Waals surface area (Å²) in [4.78, 5) is 17.9. The summed E-state index contributed by atoms with van der Waals surface area (Å²) in [6.07, 6.45) is 2.56. The number of rotatable bonds is 7. The highest BCUT2D eigenvalue weighted by molar-refractivity contribution is 7.89. The molecule has 9 nitrogen and oxygen atoms in total. The number of fused-ring (bicyclic) bond motifs is 1. The molecule has 0 radical (unpaired) electrons. The van der Waals surface area contributed by atoms with Crippen molar-refractivity contribution >= 4 is 32.4 Å². The quantitative estimate of drug-likeness (QED) is 0.358. The third-order valence-electron chi connectivity index (χ3n) is 5.13. The summed E-state index contributed by atoms with van der Waals surface area (Å²) in [6.45, 7) is 2.70. The van der Waals surface area contributed by atoms with Crippen LogP contribution in [0.3, 0.4) is 0 Å². The summed E-state index contributed by atoms with van der Waals surface area (Å²) in [6, 6.07) is 16.9. The standard InChI is InChI=1S/C24H20N4O5S2/c1-2-13-32-17-7-3-16(4-8-17)22-26-24-28(27-22)23(29)21(34-24)14-18-9-12-20(33-18)15-5-10-19(11-6-15)35(25,30)31/h3-12,14H,2,13H2,1H3,(H2,25,30,31). The second-order valence-electron chi connectivity index (χ2n) is 7.69. The van der Waals surface area contributed by atoms with Gasteiger partial charge in [0.15, 0.2) is 5.82 Å². The summed E-state index contributed by atoms with van der Waals surface area (Å²) in [5.41, 5.74) is 1.18. The van der Waals surface area contributed by atoms with Crippen LogP contribution in [-0.4, -0.2) is 29.6 Å². The zero-order chi connectivity index (χ0) is 24.6. The normalized spacial score (nSPS) is 12.5. The van der Waals surface area contributed by atoms with Gasteiger partial charge in [-0.1, -0.05) is 18.3 Å². The Kier molecular flexibility index (Phi) is 5.97. The molecule has 178 valence electrons. The molecule has 0 saturated heterocycles. The zero-order valence-corrected chi connectivity index (χ0v) is 20.2. The molecule has 0 unspecified atom stereocenters. The Morgan fingerprint density at radius 3 is 2.43 bits per heavy atom. The first-order valence-electron chi connectivity index (χ1n) is 10.7. The summed E-state index contributed by atoms with van der Waals surface area (Å²) in [5, 5.41) is 9.51. The van der Waals surface area contributed by atoms with E-state index in [0.29, 0.717) is 39.0 Å². The number of hydrogen-bond acceptors (Lipinski definition) is 8. The molecular formula is C24H20N4O5S2. The number of hydrogen-bond donors (Lipinski definition) is 1. The number of sulfonamides is 1. The lowest BCUT2D eigenvalue weighted by Crippen LogP contribution is -2.23. The molecule has 0 fully saturated rings. The fourth-order valence-corrected chi connectivity index (χ4v) is 4.80. The Morgan fingerprint density at radius 2 is 1.77 bits per heavy atom. The molecule has 5 aromatic rings. The van der Waals surface area contributed by atoms with Crippen molar-refractivity contribution in [3.63, 3.8) is 0 Å². The summed E-state index contributed by atoms with van der Waals surface area (Å²) >= 11 is 1.21. The average molecular weight is 509 g/mol. The van der Waals surface area contributed by atoms with Crippen LogP contribution in [0.15, 0.2) is 74.8 Å². The van der Waals surface area contributed by atoms with Gasteiger partial charge in [-0.15, -0.1) is 5.10 Å². The highest BCUT2D eigenvalue weighted by atomic mass is 32.2. The van der Waals surface area contributed by atoms with Crippen molar-refractivity contribution < 1.29 is 17.6 Å². The van der Waals surface area contributed by atoms with E-state index in [9.17, 15) is 13.2 Å². The van der Waals surface area contributed by atoms with Crippen molar-refractivity contribution in [2.24, 2.45) is 5.14 Å². The molecule has 11 heteroatoms. The van der Waals surface area contributed by atoms with E-state index < -0.39 is 10.0 Å². The maximum Gasteiger partial charge on any atom is 0.291 e. The van der Waals surface area contributed by atoms with Gasteiger partial charge in [0.25, 0.3) is 5.56 Å². The number of aromatic nitrogens is 3. The van der Waals surface area contributed by atoms with E-state index in [-0.39, 0.29) is 10.5 Å². The number of nitrogens with two attached hydrogens (primary N) is 1. The van der Waals surface area contributed by atoms with Crippen molar-refractivity contribution in [1.82, 2.24) is 14.6 Å². The van der Waals surface area contributed by atoms with Crippen molar-refractivity contribution in [2.75, 3.05) is 6.61 Å². The van der Waals surface area contributed by atoms with Gasteiger partial charge in [0, 0.05) is 17.2 Å². The summed E-state index contributed by atoms with van der Waals surface area (Å²) in [5.74, 6) is 2.24. The number of nitrogens with zero attached hydrogens (tertiary/aromatic N) is 3. The number of primary sulfonamides is 1. The Bertz CT molecular complexity index is 1720. The van der Waals surface area contributed by atoms with Gasteiger partial charge >= 0.3 is 0 Å². The van der Waals surface area contributed by atoms with Crippen LogP contribution >= 0.6 is 11.3 Å². The first-order valence-corrected chi connectivity index (χ1v) is 13.1. The number of thiazole rings is 1. The molecule has 0 amide bonds. The van der Waals surface area contributed by atoms with E-state index in [1.807, 2.05) is 31.2 Å². The Labute approximate surface area is 204 Å². The highest BCUT2D eigenvalue weighted by Crippen LogP contribution is 2.24. The largest absolute Gasteiger partial charge is 0.494 e. The lowest BCUT2D eigenvalue weighted by Gasteiger charge is -2.04. The molecule has 35 heavy (non-hydrogen) atoms. The minimum Gasteiger partial charge on any atom is -0.494 e. The van der Waals surface area contributed by atoms with Gasteiger partial charge < -0.3 is 9.15 Å². The summed E-state index contributed by atoms with van der Waals surface area (Å²) in [7, 11) is -3.77. The van der Waals surface area contributed by atoms with Crippen molar-refractivity contribution in [3.05, 3.63) is 81.3 Å². The second-order valence-corrected chi connectivity index (χ2v) is 10.3. The predicted molar refractivity (Wildman–Crippen MR) is 133 cm³/mol. The third kappa shape index (κ3) is 4.74. The maximum atomic E-state index is 12.9. The minimum atomic E-state index is -3.77. The topological polar surface area (TPSA) is 130 Å². The van der Waals surface area contributed by atoms with E-state index in [0.717, 1.165) is 17.7 Å². The Balaban J connectivity index is 1.40. The molecule has 2 N–H and O–H groups in total. The monoisotopic (exact) mass is 508 g/mol. The minimum absolute atomic E-state index is 0.0187. The molecule has 0 saturated carbocycles. The lowest BCUT2D eigenvalue weighted by atomic mass is 10.2.